The molecule has 0 saturated heterocycles. The van der Waals surface area contributed by atoms with Crippen LogP contribution < -0.4 is 20.2 Å². The first-order valence-corrected chi connectivity index (χ1v) is 17.0. The van der Waals surface area contributed by atoms with Crippen molar-refractivity contribution in [1.82, 2.24) is 14.5 Å². The van der Waals surface area contributed by atoms with Crippen LogP contribution in [0.3, 0.4) is 0 Å². The van der Waals surface area contributed by atoms with Crippen LogP contribution in [0.4, 0.5) is 18.9 Å². The van der Waals surface area contributed by atoms with Crippen LogP contribution in [-0.2, 0) is 11.0 Å². The van der Waals surface area contributed by atoms with E-state index in [-0.39, 0.29) is 26.2 Å². The highest BCUT2D eigenvalue weighted by atomic mass is 35.5. The number of thiazole rings is 1. The van der Waals surface area contributed by atoms with Gasteiger partial charge < -0.3 is 9.73 Å². The Morgan fingerprint density at radius 1 is 0.980 bits per heavy atom. The minimum atomic E-state index is -4.69. The second-order valence-electron chi connectivity index (χ2n) is 11.0. The number of anilines is 1. The second-order valence-corrected chi connectivity index (χ2v) is 13.4. The molecule has 0 saturated carbocycles. The average Bonchev–Trinajstić information content (AvgIpc) is 3.67. The normalized spacial score (nSPS) is 14.7. The monoisotopic (exact) mass is 729 g/mol. The molecule has 0 fully saturated rings. The van der Waals surface area contributed by atoms with Crippen LogP contribution in [0.15, 0.2) is 139 Å². The molecule has 1 N–H and O–H groups in total. The van der Waals surface area contributed by atoms with E-state index in [0.29, 0.717) is 37.9 Å². The van der Waals surface area contributed by atoms with Gasteiger partial charge in [-0.05, 0) is 66.7 Å². The molecule has 6 aromatic rings. The summed E-state index contributed by atoms with van der Waals surface area (Å²) in [6.45, 7) is 1.72. The van der Waals surface area contributed by atoms with Crippen LogP contribution in [0.2, 0.25) is 5.02 Å². The molecule has 0 aliphatic carbocycles. The number of aromatic nitrogens is 3. The quantitative estimate of drug-likeness (QED) is 0.169. The smallest absolute Gasteiger partial charge is 0.433 e. The minimum absolute atomic E-state index is 0.116. The summed E-state index contributed by atoms with van der Waals surface area (Å²) in [5.74, 6) is -0.138. The van der Waals surface area contributed by atoms with Gasteiger partial charge >= 0.3 is 6.18 Å². The highest BCUT2D eigenvalue weighted by molar-refractivity contribution is 7.99. The van der Waals surface area contributed by atoms with Crippen molar-refractivity contribution in [1.29, 1.82) is 0 Å². The first-order chi connectivity index (χ1) is 24.0. The Bertz CT molecular complexity index is 2440. The van der Waals surface area contributed by atoms with E-state index >= 15 is 0 Å². The summed E-state index contributed by atoms with van der Waals surface area (Å²) in [5, 5.41) is 3.47. The second kappa shape index (κ2) is 13.6. The number of alkyl halides is 3. The summed E-state index contributed by atoms with van der Waals surface area (Å²) in [5.41, 5.74) is 1.11. The van der Waals surface area contributed by atoms with Crippen LogP contribution in [0, 0.1) is 0 Å². The van der Waals surface area contributed by atoms with Crippen molar-refractivity contribution in [2.45, 2.75) is 29.4 Å². The summed E-state index contributed by atoms with van der Waals surface area (Å²) >= 11 is 8.12. The van der Waals surface area contributed by atoms with Gasteiger partial charge in [0.1, 0.15) is 11.5 Å². The fraction of sp³-hybridized carbons (Fsp3) is 0.0833. The van der Waals surface area contributed by atoms with Crippen LogP contribution in [0.1, 0.15) is 30.0 Å². The van der Waals surface area contributed by atoms with E-state index in [2.05, 4.69) is 20.3 Å². The standard InChI is InChI=1S/C36H23ClF3N5O3S2/c1-20-30(32(46)42-24-10-6-3-7-11-24)31(22-12-14-23(37)15-13-22)45-33(47)27(49-35(45)41-20)18-25-16-17-29(48-25)50-34-43-26(21-8-4-2-5-9-21)19-28(44-34)36(38,39)40/h2-19,31H,1H3,(H,42,46)/b27-18+/t31-/m1/s1. The van der Waals surface area contributed by atoms with Gasteiger partial charge in [0.15, 0.2) is 15.1 Å². The first-order valence-electron chi connectivity index (χ1n) is 15.0. The van der Waals surface area contributed by atoms with Crippen molar-refractivity contribution in [2.75, 3.05) is 5.32 Å². The summed E-state index contributed by atoms with van der Waals surface area (Å²) < 4.78 is 48.8. The molecule has 3 aromatic carbocycles. The lowest BCUT2D eigenvalue weighted by Gasteiger charge is -2.25. The maximum atomic E-state index is 14.0. The number of nitrogens with one attached hydrogen (secondary N) is 1. The highest BCUT2D eigenvalue weighted by Crippen LogP contribution is 2.35. The fourth-order valence-electron chi connectivity index (χ4n) is 5.35. The van der Waals surface area contributed by atoms with Gasteiger partial charge in [-0.15, -0.1) is 0 Å². The van der Waals surface area contributed by atoms with Gasteiger partial charge in [-0.3, -0.25) is 14.2 Å². The predicted molar refractivity (Wildman–Crippen MR) is 186 cm³/mol. The molecule has 1 atom stereocenters. The van der Waals surface area contributed by atoms with E-state index in [1.807, 2.05) is 6.07 Å². The van der Waals surface area contributed by atoms with E-state index in [4.69, 9.17) is 16.0 Å². The van der Waals surface area contributed by atoms with E-state index in [1.165, 1.54) is 10.6 Å². The van der Waals surface area contributed by atoms with Gasteiger partial charge in [-0.1, -0.05) is 83.6 Å². The Hall–Kier alpha value is -5.24. The third-order valence-corrected chi connectivity index (χ3v) is 9.64. The lowest BCUT2D eigenvalue weighted by atomic mass is 9.95. The van der Waals surface area contributed by atoms with Crippen molar-refractivity contribution in [3.05, 3.63) is 156 Å². The molecule has 50 heavy (non-hydrogen) atoms. The Labute approximate surface area is 295 Å². The number of furan rings is 1. The van der Waals surface area contributed by atoms with E-state index < -0.39 is 29.4 Å². The molecule has 3 aromatic heterocycles. The number of benzene rings is 3. The Morgan fingerprint density at radius 2 is 1.68 bits per heavy atom. The number of nitrogens with zero attached hydrogens (tertiary/aromatic N) is 4. The lowest BCUT2D eigenvalue weighted by Crippen LogP contribution is -2.40. The van der Waals surface area contributed by atoms with Gasteiger partial charge in [0.2, 0.25) is 0 Å². The summed E-state index contributed by atoms with van der Waals surface area (Å²) in [4.78, 5) is 40.8. The Morgan fingerprint density at radius 3 is 2.38 bits per heavy atom. The zero-order valence-corrected chi connectivity index (χ0v) is 28.2. The largest absolute Gasteiger partial charge is 0.450 e. The van der Waals surface area contributed by atoms with Crippen molar-refractivity contribution >= 4 is 52.4 Å². The van der Waals surface area contributed by atoms with Crippen molar-refractivity contribution in [2.24, 2.45) is 4.99 Å². The molecule has 4 heterocycles. The molecule has 7 rings (SSSR count). The number of carbonyl (C=O) groups excluding carboxylic acids is 1. The van der Waals surface area contributed by atoms with Crippen molar-refractivity contribution in [3.63, 3.8) is 0 Å². The Kier molecular flexibility index (Phi) is 9.03. The number of hydrogen-bond acceptors (Lipinski definition) is 8. The molecule has 0 unspecified atom stereocenters. The fourth-order valence-corrected chi connectivity index (χ4v) is 7.25. The molecular formula is C36H23ClF3N5O3S2. The van der Waals surface area contributed by atoms with Gasteiger partial charge in [-0.25, -0.2) is 15.0 Å². The van der Waals surface area contributed by atoms with Crippen LogP contribution in [0.5, 0.6) is 0 Å². The minimum Gasteiger partial charge on any atom is -0.450 e. The predicted octanol–water partition coefficient (Wildman–Crippen LogP) is 7.75. The van der Waals surface area contributed by atoms with Crippen LogP contribution in [-0.4, -0.2) is 20.4 Å². The average molecular weight is 730 g/mol. The number of carbonyl (C=O) groups is 1. The SMILES string of the molecule is CC1=C(C(=O)Nc2ccccc2)[C@@H](c2ccc(Cl)cc2)n2c(s/c(=C/c3ccc(Sc4nc(-c5ccccc5)cc(C(F)(F)F)n4)o3)c2=O)=N1. The topological polar surface area (TPSA) is 102 Å². The Balaban J connectivity index is 1.24. The summed E-state index contributed by atoms with van der Waals surface area (Å²) in [6.07, 6.45) is -3.16. The molecule has 0 bridgehead atoms. The highest BCUT2D eigenvalue weighted by Gasteiger charge is 2.34. The van der Waals surface area contributed by atoms with E-state index in [1.54, 1.807) is 97.9 Å². The third kappa shape index (κ3) is 6.93. The van der Waals surface area contributed by atoms with E-state index in [0.717, 1.165) is 29.2 Å². The molecule has 0 radical (unpaired) electrons. The number of hydrogen-bond donors (Lipinski definition) is 1. The number of para-hydroxylation sites is 1. The molecule has 1 aliphatic heterocycles. The summed E-state index contributed by atoms with van der Waals surface area (Å²) in [7, 11) is 0. The maximum Gasteiger partial charge on any atom is 0.433 e. The number of halogens is 4. The molecule has 14 heteroatoms. The number of fused-ring (bicyclic) bond motifs is 1. The first kappa shape index (κ1) is 33.3. The molecule has 1 amide bonds. The van der Waals surface area contributed by atoms with Gasteiger partial charge in [-0.2, -0.15) is 13.2 Å². The van der Waals surface area contributed by atoms with Gasteiger partial charge in [0.25, 0.3) is 11.5 Å². The zero-order chi connectivity index (χ0) is 35.0. The zero-order valence-electron chi connectivity index (χ0n) is 25.8. The maximum absolute atomic E-state index is 14.0. The lowest BCUT2D eigenvalue weighted by molar-refractivity contribution is -0.141. The summed E-state index contributed by atoms with van der Waals surface area (Å²) in [6, 6.07) is 27.6. The number of amides is 1. The van der Waals surface area contributed by atoms with Crippen LogP contribution >= 0.6 is 34.7 Å². The van der Waals surface area contributed by atoms with E-state index in [9.17, 15) is 22.8 Å². The molecule has 0 spiro atoms. The molecule has 1 aliphatic rings. The number of allylic oxidation sites excluding steroid dienone is 1. The molecule has 8 nitrogen and oxygen atoms in total. The van der Waals surface area contributed by atoms with Gasteiger partial charge in [0, 0.05) is 22.3 Å². The van der Waals surface area contributed by atoms with Crippen molar-refractivity contribution < 1.29 is 22.4 Å². The van der Waals surface area contributed by atoms with Gasteiger partial charge in [0.05, 0.1) is 27.5 Å². The van der Waals surface area contributed by atoms with Crippen LogP contribution in [0.25, 0.3) is 17.3 Å². The number of rotatable bonds is 7. The molecule has 250 valence electrons. The third-order valence-electron chi connectivity index (χ3n) is 7.62. The molecular weight excluding hydrogens is 707 g/mol. The van der Waals surface area contributed by atoms with Crippen molar-refractivity contribution in [3.8, 4) is 11.3 Å².